The molecule has 1 nitrogen and oxygen atoms in total. The van der Waals surface area contributed by atoms with Gasteiger partial charge in [0.25, 0.3) is 0 Å². The number of rotatable bonds is 4. The zero-order chi connectivity index (χ0) is 11.9. The van der Waals surface area contributed by atoms with Crippen molar-refractivity contribution in [1.29, 1.82) is 5.26 Å². The van der Waals surface area contributed by atoms with Crippen LogP contribution in [0.15, 0.2) is 30.3 Å². The molecule has 1 aromatic rings. The van der Waals surface area contributed by atoms with Gasteiger partial charge in [0.1, 0.15) is 0 Å². The van der Waals surface area contributed by atoms with E-state index in [-0.39, 0.29) is 4.82 Å². The van der Waals surface area contributed by atoms with Crippen molar-refractivity contribution in [3.63, 3.8) is 0 Å². The Labute approximate surface area is 118 Å². The molecule has 0 N–H and O–H groups in total. The van der Waals surface area contributed by atoms with Gasteiger partial charge in [0, 0.05) is 0 Å². The summed E-state index contributed by atoms with van der Waals surface area (Å²) in [6.07, 6.45) is 2.38. The predicted octanol–water partition coefficient (Wildman–Crippen LogP) is 2.91. The molecule has 0 aromatic heterocycles. The summed E-state index contributed by atoms with van der Waals surface area (Å²) in [5, 5.41) is 9.27. The maximum atomic E-state index is 9.27. The summed E-state index contributed by atoms with van der Waals surface area (Å²) >= 11 is 4.38. The summed E-state index contributed by atoms with van der Waals surface area (Å²) in [4.78, 5) is 0.230. The molecule has 0 aliphatic carbocycles. The molecule has 1 aliphatic rings. The third-order valence-corrected chi connectivity index (χ3v) is 7.83. The number of thioether (sulfide) groups is 2. The Morgan fingerprint density at radius 1 is 1.29 bits per heavy atom. The zero-order valence-corrected chi connectivity index (χ0v) is 12.9. The van der Waals surface area contributed by atoms with E-state index in [0.29, 0.717) is 19.5 Å². The molecule has 1 aliphatic heterocycles. The van der Waals surface area contributed by atoms with Crippen molar-refractivity contribution in [2.45, 2.75) is 22.2 Å². The van der Waals surface area contributed by atoms with Gasteiger partial charge >= 0.3 is 118 Å². The van der Waals surface area contributed by atoms with Gasteiger partial charge in [-0.3, -0.25) is 0 Å². The van der Waals surface area contributed by atoms with E-state index in [1.807, 2.05) is 29.6 Å². The Balaban J connectivity index is 1.86. The molecule has 0 bridgehead atoms. The Kier molecular flexibility index (Phi) is 5.80. The summed E-state index contributed by atoms with van der Waals surface area (Å²) in [5.41, 5.74) is 0. The van der Waals surface area contributed by atoms with Gasteiger partial charge in [-0.15, -0.1) is 0 Å². The van der Waals surface area contributed by atoms with E-state index in [0.717, 1.165) is 6.42 Å². The molecule has 90 valence electrons. The van der Waals surface area contributed by atoms with E-state index in [9.17, 15) is 5.26 Å². The molecule has 0 spiro atoms. The van der Waals surface area contributed by atoms with Crippen LogP contribution in [0.25, 0.3) is 0 Å². The van der Waals surface area contributed by atoms with Crippen LogP contribution in [0, 0.1) is 11.3 Å². The monoisotopic (exact) mass is 329 g/mol. The average molecular weight is 328 g/mol. The van der Waals surface area contributed by atoms with Crippen LogP contribution in [0.4, 0.5) is 0 Å². The number of hydrogen-bond acceptors (Lipinski definition) is 3. The molecule has 1 aromatic carbocycles. The van der Waals surface area contributed by atoms with E-state index < -0.39 is 0 Å². The fraction of sp³-hybridized carbons (Fsp3) is 0.462. The van der Waals surface area contributed by atoms with Crippen molar-refractivity contribution >= 4 is 42.9 Å². The topological polar surface area (TPSA) is 23.8 Å². The third-order valence-electron chi connectivity index (χ3n) is 2.47. The quantitative estimate of drug-likeness (QED) is 0.794. The van der Waals surface area contributed by atoms with Crippen LogP contribution in [0.2, 0.25) is 4.82 Å². The molecule has 2 rings (SSSR count). The fourth-order valence-corrected chi connectivity index (χ4v) is 7.20. The molecule has 1 unspecified atom stereocenters. The standard InChI is InChI=1S/C13H15NS2Se/c14-10-12(9-13-15-7-4-8-16-13)17-11-5-2-1-3-6-11/h1-3,5-6,12-13H,4,7-9H2. The van der Waals surface area contributed by atoms with Crippen LogP contribution < -0.4 is 4.46 Å². The van der Waals surface area contributed by atoms with Crippen molar-refractivity contribution in [2.75, 3.05) is 11.5 Å². The van der Waals surface area contributed by atoms with E-state index in [2.05, 4.69) is 30.3 Å². The number of hydrogen-bond donors (Lipinski definition) is 0. The van der Waals surface area contributed by atoms with Gasteiger partial charge in [0.15, 0.2) is 0 Å². The maximum absolute atomic E-state index is 9.27. The van der Waals surface area contributed by atoms with E-state index in [4.69, 9.17) is 0 Å². The van der Waals surface area contributed by atoms with E-state index in [1.54, 1.807) is 0 Å². The Morgan fingerprint density at radius 2 is 2.00 bits per heavy atom. The minimum atomic E-state index is 0.230. The van der Waals surface area contributed by atoms with E-state index in [1.165, 1.54) is 22.4 Å². The summed E-state index contributed by atoms with van der Waals surface area (Å²) in [5.74, 6) is 2.54. The van der Waals surface area contributed by atoms with Crippen molar-refractivity contribution in [2.24, 2.45) is 0 Å². The molecular weight excluding hydrogens is 313 g/mol. The van der Waals surface area contributed by atoms with Gasteiger partial charge in [0.05, 0.1) is 0 Å². The summed E-state index contributed by atoms with van der Waals surface area (Å²) < 4.78 is 2.00. The van der Waals surface area contributed by atoms with Crippen LogP contribution in [0.5, 0.6) is 0 Å². The molecule has 0 radical (unpaired) electrons. The van der Waals surface area contributed by atoms with Crippen LogP contribution in [0.1, 0.15) is 12.8 Å². The molecule has 1 heterocycles. The van der Waals surface area contributed by atoms with Gasteiger partial charge < -0.3 is 0 Å². The van der Waals surface area contributed by atoms with Crippen LogP contribution in [-0.2, 0) is 0 Å². The first kappa shape index (κ1) is 13.4. The molecule has 17 heavy (non-hydrogen) atoms. The molecule has 0 saturated carbocycles. The van der Waals surface area contributed by atoms with Gasteiger partial charge in [0.2, 0.25) is 0 Å². The molecule has 1 saturated heterocycles. The third kappa shape index (κ3) is 4.60. The van der Waals surface area contributed by atoms with Crippen molar-refractivity contribution in [3.05, 3.63) is 30.3 Å². The predicted molar refractivity (Wildman–Crippen MR) is 79.1 cm³/mol. The summed E-state index contributed by atoms with van der Waals surface area (Å²) in [7, 11) is 0. The molecular formula is C13H15NS2Se. The van der Waals surface area contributed by atoms with Crippen LogP contribution >= 0.6 is 23.5 Å². The van der Waals surface area contributed by atoms with Gasteiger partial charge in [-0.2, -0.15) is 0 Å². The van der Waals surface area contributed by atoms with Crippen LogP contribution in [0.3, 0.4) is 0 Å². The summed E-state index contributed by atoms with van der Waals surface area (Å²) in [6, 6.07) is 13.0. The Bertz CT molecular complexity index is 371. The van der Waals surface area contributed by atoms with Gasteiger partial charge in [-0.25, -0.2) is 0 Å². The average Bonchev–Trinajstić information content (AvgIpc) is 2.40. The van der Waals surface area contributed by atoms with Gasteiger partial charge in [-0.05, 0) is 0 Å². The SMILES string of the molecule is N#CC(CC1SCCCS1)[Se]c1ccccc1. The van der Waals surface area contributed by atoms with Gasteiger partial charge in [-0.1, -0.05) is 0 Å². The first-order valence-corrected chi connectivity index (χ1v) is 9.67. The first-order chi connectivity index (χ1) is 8.38. The second kappa shape index (κ2) is 7.38. The van der Waals surface area contributed by atoms with Crippen molar-refractivity contribution in [3.8, 4) is 6.07 Å². The summed E-state index contributed by atoms with van der Waals surface area (Å²) in [6.45, 7) is 0. The fourth-order valence-electron chi connectivity index (χ4n) is 1.64. The molecule has 1 fully saturated rings. The number of nitrogens with zero attached hydrogens (tertiary/aromatic N) is 1. The molecule has 0 amide bonds. The second-order valence-electron chi connectivity index (χ2n) is 3.81. The Morgan fingerprint density at radius 3 is 2.65 bits per heavy atom. The van der Waals surface area contributed by atoms with Crippen molar-refractivity contribution < 1.29 is 0 Å². The minimum absolute atomic E-state index is 0.230. The molecule has 1 atom stereocenters. The molecule has 4 heteroatoms. The Hall–Kier alpha value is -0.0705. The van der Waals surface area contributed by atoms with Crippen molar-refractivity contribution in [1.82, 2.24) is 0 Å². The van der Waals surface area contributed by atoms with E-state index >= 15 is 0 Å². The second-order valence-corrected chi connectivity index (χ2v) is 9.41. The number of nitriles is 1. The number of benzene rings is 1. The first-order valence-electron chi connectivity index (χ1n) is 5.73. The van der Waals surface area contributed by atoms with Crippen LogP contribution in [-0.4, -0.2) is 31.0 Å². The normalized spacial score (nSPS) is 18.5. The zero-order valence-electron chi connectivity index (χ0n) is 9.54.